The van der Waals surface area contributed by atoms with E-state index in [0.29, 0.717) is 24.9 Å². The number of nitrogens with two attached hydrogens (primary N) is 3. The van der Waals surface area contributed by atoms with Crippen molar-refractivity contribution in [3.8, 4) is 0 Å². The van der Waals surface area contributed by atoms with Crippen molar-refractivity contribution in [3.63, 3.8) is 0 Å². The van der Waals surface area contributed by atoms with Crippen LogP contribution < -0.4 is 59.1 Å². The van der Waals surface area contributed by atoms with E-state index in [1.807, 2.05) is 42.5 Å². The summed E-state index contributed by atoms with van der Waals surface area (Å²) < 4.78 is 2.20. The van der Waals surface area contributed by atoms with Crippen LogP contribution in [0.2, 0.25) is 0 Å². The molecule has 21 heteroatoms. The van der Waals surface area contributed by atoms with Gasteiger partial charge in [-0.15, -0.1) is 0 Å². The summed E-state index contributed by atoms with van der Waals surface area (Å²) in [5.41, 5.74) is 22.6. The van der Waals surface area contributed by atoms with E-state index in [0.717, 1.165) is 55.5 Å². The van der Waals surface area contributed by atoms with Gasteiger partial charge < -0.3 is 63.9 Å². The minimum absolute atomic E-state index is 0.0499. The molecule has 8 rings (SSSR count). The molecule has 21 nitrogen and oxygen atoms in total. The molecule has 7 amide bonds. The van der Waals surface area contributed by atoms with Crippen molar-refractivity contribution in [1.82, 2.24) is 31.9 Å². The Kier molecular flexibility index (Phi) is 20.7. The van der Waals surface area contributed by atoms with E-state index >= 15 is 0 Å². The maximum Gasteiger partial charge on any atom is 0.243 e. The SMILES string of the molecule is CC1(C)C2=[N+](CCC(=O)NCCCC[C@@H](C(N)=O)NC(=O)[C@@H](Cc3ccccc3)NC(=O)[C@H](CC(=O)[O-])NC(=O)CNC(=O)[C@H](CCCN=C(N)N)NC(=O)CCN3/C(=C/C=C/C=C/2)C(C)(C)c2c3ccc3ccccc23)c2ccc3ccccc3c21. The standard InChI is InChI=1S/C66H78N12O9/c1-65(2)52-26-9-6-10-27-53-66(3,4)59-45-23-14-12-21-43(45)29-31-51(59)78(53)37-33-55(80)73-47(25-17-35-71-64(68)69)61(85)72-40-56(81)74-49(39-57(82)83)63(87)76-48(38-41-18-7-5-8-19-41)62(86)75-46(60(67)84)24-15-16-34-70-54(79)32-36-77(52)50-30-28-42-20-11-13-22-44(42)58(50)65/h5-14,18-23,26-31,46-49H,15-17,24-25,32-40H2,1-4H3,(H12-,67,68,69,70,71,72,73,74,75,76,79,80,81,82,83,84,85,86,87)/t46-,47-,48+,49-/m0/s1. The average molecular weight is 1180 g/mol. The molecule has 0 fully saturated rings. The molecule has 3 heterocycles. The number of hydrogen-bond acceptors (Lipinski definition) is 11. The van der Waals surface area contributed by atoms with Crippen LogP contribution in [-0.4, -0.2) is 120 Å². The molecule has 0 aromatic heterocycles. The highest BCUT2D eigenvalue weighted by Crippen LogP contribution is 2.51. The zero-order valence-corrected chi connectivity index (χ0v) is 49.7. The average Bonchev–Trinajstić information content (AvgIpc) is 1.61. The molecule has 0 saturated carbocycles. The monoisotopic (exact) mass is 1180 g/mol. The summed E-state index contributed by atoms with van der Waals surface area (Å²) in [6.45, 7) is 8.91. The first-order valence-electron chi connectivity index (χ1n) is 29.5. The molecule has 3 aliphatic heterocycles. The van der Waals surface area contributed by atoms with Crippen LogP contribution in [0.25, 0.3) is 21.5 Å². The lowest BCUT2D eigenvalue weighted by atomic mass is 9.79. The van der Waals surface area contributed by atoms with Gasteiger partial charge in [0.2, 0.25) is 47.0 Å². The zero-order chi connectivity index (χ0) is 62.4. The molecule has 0 radical (unpaired) electrons. The van der Waals surface area contributed by atoms with Crippen molar-refractivity contribution >= 4 is 91.9 Å². The Labute approximate surface area is 506 Å². The molecule has 3 aliphatic rings. The quantitative estimate of drug-likeness (QED) is 0.0445. The first-order chi connectivity index (χ1) is 41.6. The van der Waals surface area contributed by atoms with E-state index in [-0.39, 0.29) is 70.0 Å². The number of guanidine groups is 1. The van der Waals surface area contributed by atoms with Crippen LogP contribution in [0.5, 0.6) is 0 Å². The number of benzene rings is 5. The van der Waals surface area contributed by atoms with Crippen molar-refractivity contribution in [2.45, 2.75) is 120 Å². The predicted molar refractivity (Wildman–Crippen MR) is 333 cm³/mol. The van der Waals surface area contributed by atoms with Crippen LogP contribution in [0.15, 0.2) is 144 Å². The summed E-state index contributed by atoms with van der Waals surface area (Å²) in [4.78, 5) is 114. The van der Waals surface area contributed by atoms with Crippen LogP contribution >= 0.6 is 0 Å². The van der Waals surface area contributed by atoms with Crippen LogP contribution in [-0.2, 0) is 55.6 Å². The highest BCUT2D eigenvalue weighted by atomic mass is 16.4. The van der Waals surface area contributed by atoms with Crippen molar-refractivity contribution in [3.05, 3.63) is 156 Å². The number of carbonyl (C=O) groups is 8. The summed E-state index contributed by atoms with van der Waals surface area (Å²) in [6, 6.07) is 27.7. The van der Waals surface area contributed by atoms with Gasteiger partial charge in [0.25, 0.3) is 0 Å². The number of fused-ring (bicyclic) bond motifs is 9. The smallest absolute Gasteiger partial charge is 0.243 e. The van der Waals surface area contributed by atoms with Gasteiger partial charge in [0.1, 0.15) is 24.2 Å². The third-order valence-electron chi connectivity index (χ3n) is 16.2. The van der Waals surface area contributed by atoms with Gasteiger partial charge in [-0.25, -0.2) is 0 Å². The van der Waals surface area contributed by atoms with E-state index < -0.39 is 89.4 Å². The number of aliphatic carboxylic acids is 1. The maximum absolute atomic E-state index is 14.2. The van der Waals surface area contributed by atoms with Crippen LogP contribution in [0.4, 0.5) is 11.4 Å². The maximum atomic E-state index is 14.2. The zero-order valence-electron chi connectivity index (χ0n) is 49.7. The van der Waals surface area contributed by atoms with E-state index in [4.69, 9.17) is 17.2 Å². The molecular formula is C66H78N12O9. The number of carboxylic acids is 1. The second-order valence-corrected chi connectivity index (χ2v) is 23.1. The number of primary amides is 1. The summed E-state index contributed by atoms with van der Waals surface area (Å²) in [7, 11) is 0. The highest BCUT2D eigenvalue weighted by Gasteiger charge is 2.46. The molecule has 0 spiro atoms. The Morgan fingerprint density at radius 3 is 2.03 bits per heavy atom. The van der Waals surface area contributed by atoms with Crippen LogP contribution in [0, 0.1) is 0 Å². The Hall–Kier alpha value is -9.66. The minimum Gasteiger partial charge on any atom is -0.550 e. The predicted octanol–water partition coefficient (Wildman–Crippen LogP) is 3.22. The van der Waals surface area contributed by atoms with E-state index in [1.165, 1.54) is 0 Å². The van der Waals surface area contributed by atoms with Crippen molar-refractivity contribution in [1.29, 1.82) is 0 Å². The summed E-state index contributed by atoms with van der Waals surface area (Å²) in [5.74, 6) is -7.01. The Morgan fingerprint density at radius 1 is 0.667 bits per heavy atom. The fourth-order valence-electron chi connectivity index (χ4n) is 12.0. The third-order valence-corrected chi connectivity index (χ3v) is 16.2. The number of rotatable bonds is 9. The van der Waals surface area contributed by atoms with Crippen molar-refractivity contribution < 1.29 is 48.0 Å². The fourth-order valence-corrected chi connectivity index (χ4v) is 12.0. The molecule has 5 aromatic rings. The van der Waals surface area contributed by atoms with Gasteiger partial charge in [0.05, 0.1) is 18.4 Å². The number of nitrogens with one attached hydrogen (secondary N) is 6. The molecule has 4 atom stereocenters. The second kappa shape index (κ2) is 28.5. The van der Waals surface area contributed by atoms with Gasteiger partial charge in [-0.3, -0.25) is 38.6 Å². The highest BCUT2D eigenvalue weighted by molar-refractivity contribution is 6.08. The first kappa shape index (κ1) is 63.4. The Balaban J connectivity index is 1.11. The Morgan fingerprint density at radius 2 is 1.33 bits per heavy atom. The van der Waals surface area contributed by atoms with E-state index in [1.54, 1.807) is 30.3 Å². The number of aliphatic imine (C=N–C) groups is 1. The van der Waals surface area contributed by atoms with Crippen molar-refractivity contribution in [2.75, 3.05) is 37.6 Å². The van der Waals surface area contributed by atoms with E-state index in [2.05, 4.69) is 135 Å². The molecule has 12 N–H and O–H groups in total. The molecular weight excluding hydrogens is 1100 g/mol. The first-order valence-corrected chi connectivity index (χ1v) is 29.5. The largest absolute Gasteiger partial charge is 0.550 e. The number of amides is 7. The second-order valence-electron chi connectivity index (χ2n) is 23.1. The summed E-state index contributed by atoms with van der Waals surface area (Å²) in [6.07, 6.45) is 10.2. The van der Waals surface area contributed by atoms with Gasteiger partial charge in [-0.05, 0) is 96.8 Å². The van der Waals surface area contributed by atoms with Gasteiger partial charge in [-0.2, -0.15) is 4.58 Å². The molecule has 0 saturated heterocycles. The summed E-state index contributed by atoms with van der Waals surface area (Å²) in [5, 5.41) is 32.2. The Bertz CT molecular complexity index is 3600. The number of allylic oxidation sites excluding steroid dienone is 6. The molecule has 0 unspecified atom stereocenters. The molecule has 456 valence electrons. The van der Waals surface area contributed by atoms with Gasteiger partial charge in [0.15, 0.2) is 18.2 Å². The van der Waals surface area contributed by atoms with E-state index in [9.17, 15) is 43.5 Å². The third kappa shape index (κ3) is 15.6. The lowest BCUT2D eigenvalue weighted by Gasteiger charge is -2.27. The van der Waals surface area contributed by atoms with Crippen molar-refractivity contribution in [2.24, 2.45) is 22.2 Å². The minimum atomic E-state index is -1.80. The van der Waals surface area contributed by atoms with Gasteiger partial charge >= 0.3 is 0 Å². The summed E-state index contributed by atoms with van der Waals surface area (Å²) >= 11 is 0. The lowest BCUT2D eigenvalue weighted by Crippen LogP contribution is -2.58. The fraction of sp³-hybridized carbons (Fsp3) is 0.364. The number of hydrogen-bond donors (Lipinski definition) is 9. The molecule has 0 bridgehead atoms. The molecule has 0 aliphatic carbocycles. The normalized spacial score (nSPS) is 22.4. The molecule has 5 aromatic carbocycles. The van der Waals surface area contributed by atoms with Gasteiger partial charge in [0, 0.05) is 79.4 Å². The number of anilines is 1. The number of carboxylic acid groups (broad SMARTS) is 1. The van der Waals surface area contributed by atoms with Gasteiger partial charge in [-0.1, -0.05) is 117 Å². The van der Waals surface area contributed by atoms with Crippen LogP contribution in [0.3, 0.4) is 0 Å². The number of nitrogens with zero attached hydrogens (tertiary/aromatic N) is 3. The molecule has 87 heavy (non-hydrogen) atoms. The lowest BCUT2D eigenvalue weighted by molar-refractivity contribution is -0.436. The topological polar surface area (TPSA) is 328 Å². The van der Waals surface area contributed by atoms with Crippen LogP contribution in [0.1, 0.15) is 95.8 Å². The number of carbonyl (C=O) groups excluding carboxylic acids is 8.